The predicted octanol–water partition coefficient (Wildman–Crippen LogP) is 8.14. The zero-order chi connectivity index (χ0) is 20.8. The number of aromatic nitrogens is 2. The van der Waals surface area contributed by atoms with Gasteiger partial charge in [0.15, 0.2) is 0 Å². The summed E-state index contributed by atoms with van der Waals surface area (Å²) in [5, 5.41) is 7.83. The van der Waals surface area contributed by atoms with Gasteiger partial charge in [0, 0.05) is 38.0 Å². The van der Waals surface area contributed by atoms with Crippen molar-refractivity contribution >= 4 is 59.9 Å². The van der Waals surface area contributed by atoms with E-state index in [1.165, 1.54) is 71.0 Å². The molecule has 0 aliphatic heterocycles. The highest BCUT2D eigenvalue weighted by atomic mass is 14.9. The molecular weight excluding hydrogens is 388 g/mol. The van der Waals surface area contributed by atoms with Crippen molar-refractivity contribution in [2.75, 3.05) is 0 Å². The first-order chi connectivity index (χ1) is 15.9. The fraction of sp³-hybridized carbons (Fsp3) is 0. The summed E-state index contributed by atoms with van der Waals surface area (Å²) in [5.74, 6) is 0. The molecule has 0 atom stereocenters. The average Bonchev–Trinajstić information content (AvgIpc) is 3.35. The van der Waals surface area contributed by atoms with Gasteiger partial charge in [-0.25, -0.2) is 0 Å². The van der Waals surface area contributed by atoms with Crippen molar-refractivity contribution in [3.05, 3.63) is 103 Å². The predicted molar refractivity (Wildman–Crippen MR) is 136 cm³/mol. The van der Waals surface area contributed by atoms with Gasteiger partial charge in [0.25, 0.3) is 0 Å². The number of hydrogen-bond donors (Lipinski definition) is 1. The summed E-state index contributed by atoms with van der Waals surface area (Å²) in [6.07, 6.45) is 0. The topological polar surface area (TPSA) is 20.2 Å². The molecule has 0 unspecified atom stereocenters. The summed E-state index contributed by atoms with van der Waals surface area (Å²) >= 11 is 0. The third-order valence-electron chi connectivity index (χ3n) is 7.05. The SMILES string of the molecule is c1ccc(-c2ccc3c(c2)c2cccc4c5cccc6[nH]c7cccc(c7c65)n3c42)cc1. The number of benzene rings is 5. The van der Waals surface area contributed by atoms with Crippen LogP contribution in [0.5, 0.6) is 0 Å². The van der Waals surface area contributed by atoms with Crippen molar-refractivity contribution < 1.29 is 0 Å². The van der Waals surface area contributed by atoms with Gasteiger partial charge in [-0.3, -0.25) is 0 Å². The van der Waals surface area contributed by atoms with Crippen molar-refractivity contribution in [3.63, 3.8) is 0 Å². The molecule has 0 saturated carbocycles. The Kier molecular flexibility index (Phi) is 2.91. The van der Waals surface area contributed by atoms with Crippen LogP contribution in [0.3, 0.4) is 0 Å². The third kappa shape index (κ3) is 1.91. The van der Waals surface area contributed by atoms with E-state index in [4.69, 9.17) is 0 Å². The highest BCUT2D eigenvalue weighted by molar-refractivity contribution is 6.30. The Labute approximate surface area is 183 Å². The van der Waals surface area contributed by atoms with Crippen LogP contribution in [0.25, 0.3) is 71.0 Å². The molecule has 3 aromatic heterocycles. The van der Waals surface area contributed by atoms with Crippen LogP contribution in [0, 0.1) is 0 Å². The summed E-state index contributed by atoms with van der Waals surface area (Å²) in [6, 6.07) is 37.5. The maximum atomic E-state index is 3.65. The van der Waals surface area contributed by atoms with E-state index in [9.17, 15) is 0 Å². The number of para-hydroxylation sites is 1. The monoisotopic (exact) mass is 406 g/mol. The normalized spacial score (nSPS) is 12.4. The second-order valence-electron chi connectivity index (χ2n) is 8.69. The first kappa shape index (κ1) is 16.4. The Morgan fingerprint density at radius 2 is 1.19 bits per heavy atom. The van der Waals surface area contributed by atoms with E-state index in [0.29, 0.717) is 0 Å². The van der Waals surface area contributed by atoms with Gasteiger partial charge in [-0.2, -0.15) is 0 Å². The Bertz CT molecular complexity index is 1970. The molecule has 8 aromatic rings. The Hall–Kier alpha value is -4.30. The molecule has 148 valence electrons. The molecule has 5 aromatic carbocycles. The minimum absolute atomic E-state index is 1.19. The molecule has 32 heavy (non-hydrogen) atoms. The summed E-state index contributed by atoms with van der Waals surface area (Å²) < 4.78 is 2.48. The van der Waals surface area contributed by atoms with Gasteiger partial charge in [-0.15, -0.1) is 0 Å². The van der Waals surface area contributed by atoms with E-state index in [2.05, 4.69) is 113 Å². The molecule has 0 amide bonds. The molecule has 0 saturated heterocycles. The summed E-state index contributed by atoms with van der Waals surface area (Å²) in [4.78, 5) is 3.65. The van der Waals surface area contributed by atoms with E-state index in [1.807, 2.05) is 0 Å². The molecule has 0 fully saturated rings. The number of fused-ring (bicyclic) bond motifs is 5. The summed E-state index contributed by atoms with van der Waals surface area (Å²) in [5.41, 5.74) is 8.68. The van der Waals surface area contributed by atoms with E-state index in [-0.39, 0.29) is 0 Å². The number of rotatable bonds is 1. The number of hydrogen-bond acceptors (Lipinski definition) is 0. The number of nitrogens with zero attached hydrogens (tertiary/aromatic N) is 1. The van der Waals surface area contributed by atoms with Gasteiger partial charge in [0.05, 0.1) is 16.6 Å². The standard InChI is InChI=1S/C30H18N2/c1-2-7-18(8-3-1)19-15-16-26-23(17-19)22-11-4-10-21-20-9-5-12-24-28(20)29-25(31-24)13-6-14-27(29)32(26)30(21)22/h1-17,31H. The maximum absolute atomic E-state index is 3.65. The fourth-order valence-electron chi connectivity index (χ4n) is 5.74. The van der Waals surface area contributed by atoms with Gasteiger partial charge < -0.3 is 9.38 Å². The lowest BCUT2D eigenvalue weighted by Gasteiger charge is -2.04. The molecule has 3 heterocycles. The Balaban J connectivity index is 1.70. The van der Waals surface area contributed by atoms with Crippen molar-refractivity contribution in [1.82, 2.24) is 9.38 Å². The van der Waals surface area contributed by atoms with Gasteiger partial charge in [-0.05, 0) is 46.8 Å². The van der Waals surface area contributed by atoms with Gasteiger partial charge >= 0.3 is 0 Å². The van der Waals surface area contributed by atoms with Crippen molar-refractivity contribution in [3.8, 4) is 11.1 Å². The van der Waals surface area contributed by atoms with E-state index in [1.54, 1.807) is 0 Å². The van der Waals surface area contributed by atoms with Gasteiger partial charge in [0.1, 0.15) is 0 Å². The van der Waals surface area contributed by atoms with E-state index < -0.39 is 0 Å². The van der Waals surface area contributed by atoms with Crippen LogP contribution in [-0.4, -0.2) is 9.38 Å². The fourth-order valence-corrected chi connectivity index (χ4v) is 5.74. The van der Waals surface area contributed by atoms with Gasteiger partial charge in [-0.1, -0.05) is 72.8 Å². The van der Waals surface area contributed by atoms with Crippen molar-refractivity contribution in [2.45, 2.75) is 0 Å². The minimum atomic E-state index is 1.19. The molecule has 0 radical (unpaired) electrons. The third-order valence-corrected chi connectivity index (χ3v) is 7.05. The van der Waals surface area contributed by atoms with E-state index >= 15 is 0 Å². The zero-order valence-corrected chi connectivity index (χ0v) is 17.3. The smallest absolute Gasteiger partial charge is 0.0619 e. The first-order valence-corrected chi connectivity index (χ1v) is 11.1. The quantitative estimate of drug-likeness (QED) is 0.284. The molecule has 0 aliphatic carbocycles. The summed E-state index contributed by atoms with van der Waals surface area (Å²) in [7, 11) is 0. The Morgan fingerprint density at radius 3 is 2.06 bits per heavy atom. The second-order valence-corrected chi connectivity index (χ2v) is 8.69. The maximum Gasteiger partial charge on any atom is 0.0619 e. The average molecular weight is 406 g/mol. The summed E-state index contributed by atoms with van der Waals surface area (Å²) in [6.45, 7) is 0. The zero-order valence-electron chi connectivity index (χ0n) is 17.3. The van der Waals surface area contributed by atoms with E-state index in [0.717, 1.165) is 0 Å². The van der Waals surface area contributed by atoms with Crippen LogP contribution in [0.1, 0.15) is 0 Å². The van der Waals surface area contributed by atoms with Crippen LogP contribution < -0.4 is 0 Å². The highest BCUT2D eigenvalue weighted by Gasteiger charge is 2.18. The Morgan fingerprint density at radius 1 is 0.469 bits per heavy atom. The lowest BCUT2D eigenvalue weighted by atomic mass is 10.0. The second kappa shape index (κ2) is 5.68. The van der Waals surface area contributed by atoms with Crippen LogP contribution in [0.15, 0.2) is 103 Å². The molecule has 0 bridgehead atoms. The first-order valence-electron chi connectivity index (χ1n) is 11.1. The molecule has 0 spiro atoms. The molecule has 2 heteroatoms. The van der Waals surface area contributed by atoms with Crippen LogP contribution in [0.2, 0.25) is 0 Å². The van der Waals surface area contributed by atoms with Crippen molar-refractivity contribution in [2.24, 2.45) is 0 Å². The number of H-pyrrole nitrogens is 1. The van der Waals surface area contributed by atoms with Crippen LogP contribution in [-0.2, 0) is 0 Å². The largest absolute Gasteiger partial charge is 0.354 e. The van der Waals surface area contributed by atoms with Gasteiger partial charge in [0.2, 0.25) is 0 Å². The lowest BCUT2D eigenvalue weighted by molar-refractivity contribution is 1.36. The number of nitrogens with one attached hydrogen (secondary N) is 1. The number of aromatic amines is 1. The molecule has 8 rings (SSSR count). The molecule has 2 nitrogen and oxygen atoms in total. The molecular formula is C30H18N2. The molecule has 1 N–H and O–H groups in total. The minimum Gasteiger partial charge on any atom is -0.354 e. The van der Waals surface area contributed by atoms with Crippen molar-refractivity contribution in [1.29, 1.82) is 0 Å². The molecule has 0 aliphatic rings. The van der Waals surface area contributed by atoms with Crippen LogP contribution in [0.4, 0.5) is 0 Å². The highest BCUT2D eigenvalue weighted by Crippen LogP contribution is 2.42. The lowest BCUT2D eigenvalue weighted by Crippen LogP contribution is -1.85. The van der Waals surface area contributed by atoms with Crippen LogP contribution >= 0.6 is 0 Å².